The number of hydrogen-bond donors (Lipinski definition) is 1. The van der Waals surface area contributed by atoms with Crippen LogP contribution in [0.4, 0.5) is 4.39 Å². The third-order valence-electron chi connectivity index (χ3n) is 5.26. The summed E-state index contributed by atoms with van der Waals surface area (Å²) in [5, 5.41) is 20.6. The van der Waals surface area contributed by atoms with Gasteiger partial charge in [-0.3, -0.25) is 0 Å². The zero-order valence-corrected chi connectivity index (χ0v) is 15.4. The lowest BCUT2D eigenvalue weighted by Crippen LogP contribution is -2.24. The first kappa shape index (κ1) is 18.0. The number of aliphatic hydroxyl groups is 1. The van der Waals surface area contributed by atoms with E-state index >= 15 is 0 Å². The lowest BCUT2D eigenvalue weighted by atomic mass is 9.86. The maximum Gasteiger partial charge on any atom is 0.161 e. The molecular weight excluding hydrogens is 361 g/mol. The summed E-state index contributed by atoms with van der Waals surface area (Å²) in [4.78, 5) is 4.15. The summed E-state index contributed by atoms with van der Waals surface area (Å²) in [6.07, 6.45) is 3.39. The molecule has 1 unspecified atom stereocenters. The quantitative estimate of drug-likeness (QED) is 0.753. The molecule has 3 aromatic rings. The highest BCUT2D eigenvalue weighted by molar-refractivity contribution is 5.48. The Morgan fingerprint density at radius 3 is 2.68 bits per heavy atom. The summed E-state index contributed by atoms with van der Waals surface area (Å²) in [7, 11) is 3.07. The van der Waals surface area contributed by atoms with Crippen LogP contribution in [0.15, 0.2) is 48.9 Å². The Labute approximate surface area is 161 Å². The standard InChI is InChI=1S/C21H18FN3O3/c1-27-18-6-4-14(8-19(18)28-2)21(26)9-17(25-12-24-11-20(21)25)15-5-3-13(10-23)7-16(15)22/h3-8,11-12,17,26H,9H2,1-2H3/t17-,21?/m1/s1. The first-order valence-electron chi connectivity index (χ1n) is 8.68. The highest BCUT2D eigenvalue weighted by atomic mass is 19.1. The highest BCUT2D eigenvalue weighted by Gasteiger charge is 2.45. The SMILES string of the molecule is COc1ccc(C2(O)C[C@H](c3ccc(C#N)cc3F)n3cncc32)cc1OC. The third kappa shape index (κ3) is 2.62. The Morgan fingerprint density at radius 2 is 2.00 bits per heavy atom. The van der Waals surface area contributed by atoms with Crippen molar-refractivity contribution in [2.75, 3.05) is 14.2 Å². The van der Waals surface area contributed by atoms with Crippen LogP contribution in [0.1, 0.15) is 34.8 Å². The number of methoxy groups -OCH3 is 2. The lowest BCUT2D eigenvalue weighted by Gasteiger charge is -2.24. The molecule has 0 spiro atoms. The fourth-order valence-electron chi connectivity index (χ4n) is 3.84. The number of rotatable bonds is 4. The Hall–Kier alpha value is -3.37. The van der Waals surface area contributed by atoms with Gasteiger partial charge in [-0.1, -0.05) is 12.1 Å². The zero-order valence-electron chi connectivity index (χ0n) is 15.4. The molecule has 1 aromatic heterocycles. The second-order valence-corrected chi connectivity index (χ2v) is 6.68. The minimum atomic E-state index is -1.37. The van der Waals surface area contributed by atoms with Gasteiger partial charge in [0.2, 0.25) is 0 Å². The summed E-state index contributed by atoms with van der Waals surface area (Å²) in [5.41, 5.74) is 0.438. The van der Waals surface area contributed by atoms with Crippen molar-refractivity contribution in [2.24, 2.45) is 0 Å². The summed E-state index contributed by atoms with van der Waals surface area (Å²) in [6, 6.07) is 11.0. The van der Waals surface area contributed by atoms with Gasteiger partial charge in [-0.2, -0.15) is 5.26 Å². The molecule has 142 valence electrons. The molecule has 0 saturated carbocycles. The summed E-state index contributed by atoms with van der Waals surface area (Å²) < 4.78 is 27.0. The number of imidazole rings is 1. The molecule has 2 atom stereocenters. The van der Waals surface area contributed by atoms with Crippen LogP contribution >= 0.6 is 0 Å². The molecule has 6 nitrogen and oxygen atoms in total. The van der Waals surface area contributed by atoms with Gasteiger partial charge in [0.15, 0.2) is 11.5 Å². The molecule has 1 aliphatic rings. The van der Waals surface area contributed by atoms with Crippen LogP contribution in [-0.4, -0.2) is 28.9 Å². The maximum absolute atomic E-state index is 14.7. The fraction of sp³-hybridized carbons (Fsp3) is 0.238. The number of nitriles is 1. The minimum Gasteiger partial charge on any atom is -0.493 e. The van der Waals surface area contributed by atoms with Crippen molar-refractivity contribution in [3.05, 3.63) is 77.1 Å². The number of aromatic nitrogens is 2. The Kier molecular flexibility index (Phi) is 4.28. The van der Waals surface area contributed by atoms with Crippen molar-refractivity contribution < 1.29 is 19.0 Å². The molecule has 0 amide bonds. The van der Waals surface area contributed by atoms with Gasteiger partial charge in [0.05, 0.1) is 50.1 Å². The third-order valence-corrected chi connectivity index (χ3v) is 5.26. The molecule has 1 N–H and O–H groups in total. The van der Waals surface area contributed by atoms with E-state index in [-0.39, 0.29) is 12.0 Å². The monoisotopic (exact) mass is 379 g/mol. The van der Waals surface area contributed by atoms with Gasteiger partial charge in [-0.25, -0.2) is 9.37 Å². The van der Waals surface area contributed by atoms with E-state index in [1.54, 1.807) is 54.5 Å². The van der Waals surface area contributed by atoms with Crippen LogP contribution in [0.25, 0.3) is 0 Å². The number of fused-ring (bicyclic) bond motifs is 1. The van der Waals surface area contributed by atoms with Crippen LogP contribution in [0.3, 0.4) is 0 Å². The summed E-state index contributed by atoms with van der Waals surface area (Å²) >= 11 is 0. The number of nitrogens with zero attached hydrogens (tertiary/aromatic N) is 3. The molecule has 0 radical (unpaired) electrons. The van der Waals surface area contributed by atoms with Crippen LogP contribution < -0.4 is 9.47 Å². The molecule has 1 aliphatic heterocycles. The summed E-state index contributed by atoms with van der Waals surface area (Å²) in [5.74, 6) is 0.559. The number of benzene rings is 2. The average Bonchev–Trinajstić information content (AvgIpc) is 3.31. The van der Waals surface area contributed by atoms with Gasteiger partial charge >= 0.3 is 0 Å². The molecular formula is C21H18FN3O3. The number of ether oxygens (including phenoxy) is 2. The Bertz CT molecular complexity index is 1090. The molecule has 28 heavy (non-hydrogen) atoms. The van der Waals surface area contributed by atoms with Crippen LogP contribution in [0, 0.1) is 17.1 Å². The van der Waals surface area contributed by atoms with Gasteiger partial charge in [0.25, 0.3) is 0 Å². The van der Waals surface area contributed by atoms with Crippen molar-refractivity contribution in [2.45, 2.75) is 18.1 Å². The fourth-order valence-corrected chi connectivity index (χ4v) is 3.84. The van der Waals surface area contributed by atoms with E-state index in [0.29, 0.717) is 28.3 Å². The van der Waals surface area contributed by atoms with E-state index in [0.717, 1.165) is 0 Å². The zero-order chi connectivity index (χ0) is 19.9. The van der Waals surface area contributed by atoms with Gasteiger partial charge in [-0.15, -0.1) is 0 Å². The first-order valence-corrected chi connectivity index (χ1v) is 8.68. The number of halogens is 1. The van der Waals surface area contributed by atoms with E-state index < -0.39 is 17.5 Å². The van der Waals surface area contributed by atoms with Gasteiger partial charge in [0, 0.05) is 12.0 Å². The van der Waals surface area contributed by atoms with Crippen molar-refractivity contribution in [1.82, 2.24) is 9.55 Å². The molecule has 2 aromatic carbocycles. The van der Waals surface area contributed by atoms with E-state index in [4.69, 9.17) is 14.7 Å². The van der Waals surface area contributed by atoms with E-state index in [1.165, 1.54) is 13.2 Å². The molecule has 7 heteroatoms. The topological polar surface area (TPSA) is 80.3 Å². The van der Waals surface area contributed by atoms with Crippen molar-refractivity contribution in [1.29, 1.82) is 5.26 Å². The van der Waals surface area contributed by atoms with Crippen LogP contribution in [0.2, 0.25) is 0 Å². The molecule has 0 aliphatic carbocycles. The minimum absolute atomic E-state index is 0.225. The van der Waals surface area contributed by atoms with Gasteiger partial charge < -0.3 is 19.1 Å². The largest absolute Gasteiger partial charge is 0.493 e. The second-order valence-electron chi connectivity index (χ2n) is 6.68. The highest BCUT2D eigenvalue weighted by Crippen LogP contribution is 2.48. The Balaban J connectivity index is 1.81. The van der Waals surface area contributed by atoms with Crippen molar-refractivity contribution in [3.63, 3.8) is 0 Å². The average molecular weight is 379 g/mol. The Morgan fingerprint density at radius 1 is 1.21 bits per heavy atom. The van der Waals surface area contributed by atoms with Crippen LogP contribution in [-0.2, 0) is 5.60 Å². The summed E-state index contributed by atoms with van der Waals surface area (Å²) in [6.45, 7) is 0. The van der Waals surface area contributed by atoms with E-state index in [9.17, 15) is 9.50 Å². The molecule has 2 heterocycles. The normalized spacial score (nSPS) is 20.5. The molecule has 0 fully saturated rings. The van der Waals surface area contributed by atoms with Crippen molar-refractivity contribution >= 4 is 0 Å². The predicted octanol–water partition coefficient (Wildman–Crippen LogP) is 3.14. The first-order chi connectivity index (χ1) is 13.5. The van der Waals surface area contributed by atoms with Crippen LogP contribution in [0.5, 0.6) is 11.5 Å². The van der Waals surface area contributed by atoms with E-state index in [1.807, 2.05) is 6.07 Å². The second kappa shape index (κ2) is 6.66. The smallest absolute Gasteiger partial charge is 0.161 e. The molecule has 0 saturated heterocycles. The molecule has 0 bridgehead atoms. The van der Waals surface area contributed by atoms with Crippen molar-refractivity contribution in [3.8, 4) is 17.6 Å². The van der Waals surface area contributed by atoms with Gasteiger partial charge in [0.1, 0.15) is 11.4 Å². The van der Waals surface area contributed by atoms with E-state index in [2.05, 4.69) is 4.98 Å². The van der Waals surface area contributed by atoms with Gasteiger partial charge in [-0.05, 0) is 29.8 Å². The molecule has 4 rings (SSSR count). The lowest BCUT2D eigenvalue weighted by molar-refractivity contribution is 0.0789. The number of hydrogen-bond acceptors (Lipinski definition) is 5. The predicted molar refractivity (Wildman–Crippen MR) is 98.6 cm³/mol. The maximum atomic E-state index is 14.7.